The van der Waals surface area contributed by atoms with Crippen molar-refractivity contribution in [2.24, 2.45) is 0 Å². The van der Waals surface area contributed by atoms with Gasteiger partial charge in [-0.3, -0.25) is 0 Å². The summed E-state index contributed by atoms with van der Waals surface area (Å²) >= 11 is 0. The zero-order valence-corrected chi connectivity index (χ0v) is 14.4. The number of hydrogen-bond donors (Lipinski definition) is 1. The Kier molecular flexibility index (Phi) is 4.15. The highest BCUT2D eigenvalue weighted by atomic mass is 16.5. The molecule has 2 heterocycles. The van der Waals surface area contributed by atoms with Gasteiger partial charge in [0.05, 0.1) is 12.2 Å². The third-order valence-electron chi connectivity index (χ3n) is 3.75. The molecule has 1 aromatic rings. The van der Waals surface area contributed by atoms with Crippen LogP contribution in [-0.2, 0) is 10.2 Å². The molecule has 0 saturated carbocycles. The molecule has 2 rings (SSSR count). The van der Waals surface area contributed by atoms with Gasteiger partial charge in [0.2, 0.25) is 0 Å². The third kappa shape index (κ3) is 3.46. The summed E-state index contributed by atoms with van der Waals surface area (Å²) in [7, 11) is 1.91. The minimum atomic E-state index is -0.142. The van der Waals surface area contributed by atoms with Crippen LogP contribution < -0.4 is 10.2 Å². The van der Waals surface area contributed by atoms with Crippen LogP contribution in [0.1, 0.15) is 46.0 Å². The number of nitrogens with one attached hydrogen (secondary N) is 1. The highest BCUT2D eigenvalue weighted by molar-refractivity contribution is 5.59. The first-order chi connectivity index (χ1) is 9.64. The summed E-state index contributed by atoms with van der Waals surface area (Å²) in [6, 6.07) is 0. The summed E-state index contributed by atoms with van der Waals surface area (Å²) in [5, 5.41) is 3.20. The molecule has 1 N–H and O–H groups in total. The van der Waals surface area contributed by atoms with Crippen LogP contribution in [0.15, 0.2) is 0 Å². The predicted molar refractivity (Wildman–Crippen MR) is 87.3 cm³/mol. The van der Waals surface area contributed by atoms with E-state index in [-0.39, 0.29) is 11.0 Å². The number of nitrogens with zero attached hydrogens (tertiary/aromatic N) is 3. The molecule has 5 nitrogen and oxygen atoms in total. The first-order valence-corrected chi connectivity index (χ1v) is 7.60. The summed E-state index contributed by atoms with van der Waals surface area (Å²) in [5.41, 5.74) is 0.885. The lowest BCUT2D eigenvalue weighted by Gasteiger charge is -2.39. The van der Waals surface area contributed by atoms with Crippen LogP contribution in [0.2, 0.25) is 0 Å². The maximum Gasteiger partial charge on any atom is 0.138 e. The molecule has 0 aliphatic carbocycles. The monoisotopic (exact) mass is 292 g/mol. The summed E-state index contributed by atoms with van der Waals surface area (Å²) in [6.07, 6.45) is 0. The van der Waals surface area contributed by atoms with Crippen LogP contribution in [0.4, 0.5) is 11.6 Å². The second-order valence-corrected chi connectivity index (χ2v) is 7.37. The summed E-state index contributed by atoms with van der Waals surface area (Å²) < 4.78 is 5.81. The summed E-state index contributed by atoms with van der Waals surface area (Å²) in [4.78, 5) is 11.9. The molecular weight excluding hydrogens is 264 g/mol. The average Bonchev–Trinajstić information content (AvgIpc) is 2.36. The Morgan fingerprint density at radius 3 is 2.43 bits per heavy atom. The normalized spacial score (nSPS) is 18.7. The molecule has 0 atom stereocenters. The van der Waals surface area contributed by atoms with Crippen LogP contribution in [0.5, 0.6) is 0 Å². The minimum Gasteiger partial charge on any atom is -0.373 e. The van der Waals surface area contributed by atoms with E-state index in [4.69, 9.17) is 9.72 Å². The Morgan fingerprint density at radius 2 is 1.90 bits per heavy atom. The number of morpholine rings is 1. The first-order valence-electron chi connectivity index (χ1n) is 7.60. The van der Waals surface area contributed by atoms with Gasteiger partial charge in [-0.15, -0.1) is 0 Å². The molecule has 0 unspecified atom stereocenters. The van der Waals surface area contributed by atoms with E-state index in [2.05, 4.69) is 56.7 Å². The highest BCUT2D eigenvalue weighted by Crippen LogP contribution is 2.30. The van der Waals surface area contributed by atoms with Gasteiger partial charge in [-0.1, -0.05) is 20.8 Å². The van der Waals surface area contributed by atoms with Crippen LogP contribution in [-0.4, -0.2) is 42.3 Å². The Hall–Kier alpha value is -1.36. The van der Waals surface area contributed by atoms with E-state index < -0.39 is 0 Å². The van der Waals surface area contributed by atoms with E-state index in [1.165, 1.54) is 0 Å². The molecule has 1 fully saturated rings. The lowest BCUT2D eigenvalue weighted by molar-refractivity contribution is -0.0279. The van der Waals surface area contributed by atoms with E-state index >= 15 is 0 Å². The smallest absolute Gasteiger partial charge is 0.138 e. The minimum absolute atomic E-state index is 0.0736. The number of hydrogen-bond acceptors (Lipinski definition) is 5. The number of ether oxygens (including phenoxy) is 1. The van der Waals surface area contributed by atoms with Gasteiger partial charge in [0, 0.05) is 31.1 Å². The fourth-order valence-corrected chi connectivity index (χ4v) is 2.59. The first kappa shape index (κ1) is 16.0. The van der Waals surface area contributed by atoms with Gasteiger partial charge >= 0.3 is 0 Å². The molecule has 0 aromatic carbocycles. The zero-order valence-electron chi connectivity index (χ0n) is 14.4. The van der Waals surface area contributed by atoms with Crippen molar-refractivity contribution in [1.29, 1.82) is 0 Å². The SMILES string of the molecule is CNc1nc(C(C)(C)C)nc(N2CCOC(C)(C)C2)c1C. The van der Waals surface area contributed by atoms with Gasteiger partial charge in [0.1, 0.15) is 17.5 Å². The maximum atomic E-state index is 5.81. The Morgan fingerprint density at radius 1 is 1.24 bits per heavy atom. The molecule has 1 aliphatic heterocycles. The topological polar surface area (TPSA) is 50.3 Å². The van der Waals surface area contributed by atoms with E-state index in [1.807, 2.05) is 7.05 Å². The molecule has 1 saturated heterocycles. The third-order valence-corrected chi connectivity index (χ3v) is 3.75. The zero-order chi connectivity index (χ0) is 15.8. The molecule has 21 heavy (non-hydrogen) atoms. The molecule has 5 heteroatoms. The molecule has 1 aliphatic rings. The van der Waals surface area contributed by atoms with Crippen molar-refractivity contribution in [3.63, 3.8) is 0 Å². The molecule has 0 radical (unpaired) electrons. The van der Waals surface area contributed by atoms with Gasteiger partial charge in [-0.05, 0) is 20.8 Å². The van der Waals surface area contributed by atoms with Gasteiger partial charge in [0.15, 0.2) is 0 Å². The lowest BCUT2D eigenvalue weighted by atomic mass is 9.95. The second-order valence-electron chi connectivity index (χ2n) is 7.37. The van der Waals surface area contributed by atoms with E-state index in [1.54, 1.807) is 0 Å². The van der Waals surface area contributed by atoms with Crippen molar-refractivity contribution in [3.8, 4) is 0 Å². The van der Waals surface area contributed by atoms with Crippen molar-refractivity contribution < 1.29 is 4.74 Å². The fourth-order valence-electron chi connectivity index (χ4n) is 2.59. The molecule has 1 aromatic heterocycles. The van der Waals surface area contributed by atoms with Crippen molar-refractivity contribution in [2.45, 2.75) is 52.6 Å². The largest absolute Gasteiger partial charge is 0.373 e. The van der Waals surface area contributed by atoms with Crippen LogP contribution in [0.25, 0.3) is 0 Å². The molecule has 0 amide bonds. The quantitative estimate of drug-likeness (QED) is 0.908. The molecular formula is C16H28N4O. The van der Waals surface area contributed by atoms with Crippen LogP contribution in [0.3, 0.4) is 0 Å². The van der Waals surface area contributed by atoms with E-state index in [0.29, 0.717) is 0 Å². The Bertz CT molecular complexity index is 520. The molecule has 0 spiro atoms. The Labute approximate surface area is 128 Å². The molecule has 118 valence electrons. The van der Waals surface area contributed by atoms with Gasteiger partial charge in [0.25, 0.3) is 0 Å². The lowest BCUT2D eigenvalue weighted by Crippen LogP contribution is -2.49. The van der Waals surface area contributed by atoms with E-state index in [9.17, 15) is 0 Å². The summed E-state index contributed by atoms with van der Waals surface area (Å²) in [5.74, 6) is 2.81. The van der Waals surface area contributed by atoms with Crippen molar-refractivity contribution in [1.82, 2.24) is 9.97 Å². The summed E-state index contributed by atoms with van der Waals surface area (Å²) in [6.45, 7) is 15.2. The highest BCUT2D eigenvalue weighted by Gasteiger charge is 2.30. The number of rotatable bonds is 2. The van der Waals surface area contributed by atoms with Crippen LogP contribution >= 0.6 is 0 Å². The number of aromatic nitrogens is 2. The average molecular weight is 292 g/mol. The van der Waals surface area contributed by atoms with Gasteiger partial charge in [-0.25, -0.2) is 9.97 Å². The van der Waals surface area contributed by atoms with Crippen molar-refractivity contribution in [2.75, 3.05) is 37.0 Å². The maximum absolute atomic E-state index is 5.81. The van der Waals surface area contributed by atoms with Gasteiger partial charge < -0.3 is 15.0 Å². The van der Waals surface area contributed by atoms with Crippen molar-refractivity contribution in [3.05, 3.63) is 11.4 Å². The fraction of sp³-hybridized carbons (Fsp3) is 0.750. The standard InChI is InChI=1S/C16H28N4O/c1-11-12(17-7)18-14(15(2,3)4)19-13(11)20-8-9-21-16(5,6)10-20/h8-10H2,1-7H3,(H,17,18,19). The van der Waals surface area contributed by atoms with Crippen LogP contribution in [0, 0.1) is 6.92 Å². The predicted octanol–water partition coefficient (Wildman–Crippen LogP) is 2.74. The van der Waals surface area contributed by atoms with E-state index in [0.717, 1.165) is 42.7 Å². The Balaban J connectivity index is 2.47. The second kappa shape index (κ2) is 5.44. The van der Waals surface area contributed by atoms with Crippen molar-refractivity contribution >= 4 is 11.6 Å². The number of anilines is 2. The molecule has 0 bridgehead atoms. The van der Waals surface area contributed by atoms with Gasteiger partial charge in [-0.2, -0.15) is 0 Å².